The van der Waals surface area contributed by atoms with Crippen molar-refractivity contribution in [3.63, 3.8) is 0 Å². The molecule has 2 nitrogen and oxygen atoms in total. The van der Waals surface area contributed by atoms with Crippen LogP contribution in [-0.2, 0) is 9.47 Å². The fraction of sp³-hybridized carbons (Fsp3) is 1.00. The van der Waals surface area contributed by atoms with Gasteiger partial charge in [-0.15, -0.1) is 11.6 Å². The van der Waals surface area contributed by atoms with Crippen LogP contribution in [-0.4, -0.2) is 48.4 Å². The van der Waals surface area contributed by atoms with Crippen molar-refractivity contribution >= 4 is 34.7 Å². The first-order chi connectivity index (χ1) is 4.85. The van der Waals surface area contributed by atoms with Gasteiger partial charge in [-0.05, 0) is 13.8 Å². The van der Waals surface area contributed by atoms with E-state index in [0.717, 1.165) is 6.42 Å². The largest absolute Gasteiger partial charge is 0.353 e. The van der Waals surface area contributed by atoms with Crippen LogP contribution in [0.25, 0.3) is 0 Å². The zero-order valence-electron chi connectivity index (χ0n) is 6.60. The second kappa shape index (κ2) is 11.0. The van der Waals surface area contributed by atoms with E-state index >= 15 is 0 Å². The normalized spacial score (nSPS) is 9.82. The topological polar surface area (TPSA) is 18.5 Å². The third kappa shape index (κ3) is 8.89. The number of hydrogen-bond acceptors (Lipinski definition) is 2. The Kier molecular flexibility index (Phi) is 14.5. The SMILES string of the molecule is CCOC(CCCl)OCC.[MgH2]. The van der Waals surface area contributed by atoms with Gasteiger partial charge in [0.05, 0.1) is 0 Å². The van der Waals surface area contributed by atoms with E-state index in [4.69, 9.17) is 21.1 Å². The lowest BCUT2D eigenvalue weighted by molar-refractivity contribution is -0.136. The predicted octanol–water partition coefficient (Wildman–Crippen LogP) is 1.10. The summed E-state index contributed by atoms with van der Waals surface area (Å²) in [6.07, 6.45) is 0.663. The highest BCUT2D eigenvalue weighted by Gasteiger charge is 2.04. The molecule has 0 atom stereocenters. The van der Waals surface area contributed by atoms with Gasteiger partial charge in [0.15, 0.2) is 6.29 Å². The van der Waals surface area contributed by atoms with Crippen molar-refractivity contribution in [2.45, 2.75) is 26.6 Å². The van der Waals surface area contributed by atoms with E-state index in [2.05, 4.69) is 0 Å². The Morgan fingerprint density at radius 3 is 1.91 bits per heavy atom. The summed E-state index contributed by atoms with van der Waals surface area (Å²) in [5.74, 6) is 0.588. The number of halogens is 1. The molecule has 0 saturated heterocycles. The molecule has 0 rings (SSSR count). The lowest BCUT2D eigenvalue weighted by Crippen LogP contribution is -2.17. The molecular formula is C7H17ClMgO2. The molecule has 0 N–H and O–H groups in total. The van der Waals surface area contributed by atoms with Crippen LogP contribution in [0.4, 0.5) is 0 Å². The van der Waals surface area contributed by atoms with Gasteiger partial charge in [0.1, 0.15) is 0 Å². The lowest BCUT2D eigenvalue weighted by atomic mass is 10.5. The quantitative estimate of drug-likeness (QED) is 0.357. The molecule has 0 bridgehead atoms. The molecule has 0 aliphatic rings. The van der Waals surface area contributed by atoms with Crippen molar-refractivity contribution in [3.05, 3.63) is 0 Å². The highest BCUT2D eigenvalue weighted by molar-refractivity contribution is 6.17. The Balaban J connectivity index is 0. The van der Waals surface area contributed by atoms with Gasteiger partial charge in [-0.3, -0.25) is 0 Å². The van der Waals surface area contributed by atoms with Gasteiger partial charge in [-0.25, -0.2) is 0 Å². The Labute approximate surface area is 89.7 Å². The first kappa shape index (κ1) is 14.5. The third-order valence-corrected chi connectivity index (χ3v) is 1.27. The molecule has 0 aliphatic heterocycles. The van der Waals surface area contributed by atoms with E-state index in [1.165, 1.54) is 0 Å². The highest BCUT2D eigenvalue weighted by atomic mass is 35.5. The van der Waals surface area contributed by atoms with E-state index in [0.29, 0.717) is 19.1 Å². The average molecular weight is 193 g/mol. The van der Waals surface area contributed by atoms with Crippen molar-refractivity contribution < 1.29 is 9.47 Å². The Morgan fingerprint density at radius 1 is 1.18 bits per heavy atom. The minimum Gasteiger partial charge on any atom is -0.353 e. The van der Waals surface area contributed by atoms with Crippen LogP contribution in [0, 0.1) is 0 Å². The van der Waals surface area contributed by atoms with Gasteiger partial charge in [0.25, 0.3) is 0 Å². The molecular weight excluding hydrogens is 176 g/mol. The van der Waals surface area contributed by atoms with Gasteiger partial charge in [-0.1, -0.05) is 0 Å². The highest BCUT2D eigenvalue weighted by Crippen LogP contribution is 2.01. The molecule has 0 aromatic carbocycles. The number of ether oxygens (including phenoxy) is 2. The molecule has 0 saturated carbocycles. The second-order valence-electron chi connectivity index (χ2n) is 1.82. The molecule has 0 unspecified atom stereocenters. The number of rotatable bonds is 6. The van der Waals surface area contributed by atoms with E-state index in [1.807, 2.05) is 13.8 Å². The summed E-state index contributed by atoms with van der Waals surface area (Å²) < 4.78 is 10.4. The van der Waals surface area contributed by atoms with Gasteiger partial charge < -0.3 is 9.47 Å². The van der Waals surface area contributed by atoms with Crippen LogP contribution in [0.15, 0.2) is 0 Å². The number of alkyl halides is 1. The van der Waals surface area contributed by atoms with Crippen molar-refractivity contribution in [2.24, 2.45) is 0 Å². The Morgan fingerprint density at radius 2 is 1.64 bits per heavy atom. The summed E-state index contributed by atoms with van der Waals surface area (Å²) in [4.78, 5) is 0. The molecule has 66 valence electrons. The minimum atomic E-state index is -0.104. The molecule has 0 amide bonds. The maximum Gasteiger partial charge on any atom is 0.316 e. The van der Waals surface area contributed by atoms with Gasteiger partial charge in [-0.2, -0.15) is 0 Å². The van der Waals surface area contributed by atoms with Crippen LogP contribution in [0.1, 0.15) is 20.3 Å². The molecule has 0 radical (unpaired) electrons. The molecule has 0 fully saturated rings. The maximum absolute atomic E-state index is 5.51. The zero-order valence-corrected chi connectivity index (χ0v) is 7.36. The molecule has 11 heavy (non-hydrogen) atoms. The van der Waals surface area contributed by atoms with Crippen LogP contribution in [0.3, 0.4) is 0 Å². The van der Waals surface area contributed by atoms with Gasteiger partial charge in [0, 0.05) is 25.5 Å². The molecule has 0 aromatic rings. The van der Waals surface area contributed by atoms with E-state index in [9.17, 15) is 0 Å². The van der Waals surface area contributed by atoms with Crippen molar-refractivity contribution in [2.75, 3.05) is 19.1 Å². The van der Waals surface area contributed by atoms with Gasteiger partial charge >= 0.3 is 23.1 Å². The van der Waals surface area contributed by atoms with Crippen LogP contribution in [0.2, 0.25) is 0 Å². The summed E-state index contributed by atoms with van der Waals surface area (Å²) in [7, 11) is 0. The molecule has 0 spiro atoms. The zero-order chi connectivity index (χ0) is 7.82. The maximum atomic E-state index is 5.51. The summed E-state index contributed by atoms with van der Waals surface area (Å²) >= 11 is 5.51. The smallest absolute Gasteiger partial charge is 0.316 e. The molecule has 0 heterocycles. The summed E-state index contributed by atoms with van der Waals surface area (Å²) in [6.45, 7) is 5.25. The first-order valence-corrected chi connectivity index (χ1v) is 4.17. The molecule has 4 heteroatoms. The van der Waals surface area contributed by atoms with Crippen molar-refractivity contribution in [1.29, 1.82) is 0 Å². The summed E-state index contributed by atoms with van der Waals surface area (Å²) in [5.41, 5.74) is 0. The van der Waals surface area contributed by atoms with E-state index in [1.54, 1.807) is 0 Å². The number of hydrogen-bond donors (Lipinski definition) is 0. The van der Waals surface area contributed by atoms with Crippen LogP contribution < -0.4 is 0 Å². The predicted molar refractivity (Wildman–Crippen MR) is 50.9 cm³/mol. The van der Waals surface area contributed by atoms with Crippen molar-refractivity contribution in [3.8, 4) is 0 Å². The van der Waals surface area contributed by atoms with Crippen LogP contribution >= 0.6 is 11.6 Å². The van der Waals surface area contributed by atoms with E-state index in [-0.39, 0.29) is 29.3 Å². The monoisotopic (exact) mass is 192 g/mol. The second-order valence-corrected chi connectivity index (χ2v) is 2.20. The first-order valence-electron chi connectivity index (χ1n) is 3.64. The Bertz CT molecular complexity index is 59.2. The lowest BCUT2D eigenvalue weighted by Gasteiger charge is -2.14. The molecule has 0 aromatic heterocycles. The standard InChI is InChI=1S/C7H15ClO2.Mg.2H/c1-3-9-7(5-6-8)10-4-2;;;/h7H,3-6H2,1-2H3;;;. The average Bonchev–Trinajstić information content (AvgIpc) is 1.90. The minimum absolute atomic E-state index is 0. The fourth-order valence-corrected chi connectivity index (χ4v) is 0.854. The third-order valence-electron chi connectivity index (χ3n) is 1.05. The van der Waals surface area contributed by atoms with E-state index < -0.39 is 0 Å². The fourth-order valence-electron chi connectivity index (χ4n) is 0.676. The van der Waals surface area contributed by atoms with Crippen LogP contribution in [0.5, 0.6) is 0 Å². The summed E-state index contributed by atoms with van der Waals surface area (Å²) in [5, 5.41) is 0. The van der Waals surface area contributed by atoms with Gasteiger partial charge in [0.2, 0.25) is 0 Å². The Hall–Kier alpha value is 0.976. The summed E-state index contributed by atoms with van der Waals surface area (Å²) in [6, 6.07) is 0. The molecule has 0 aliphatic carbocycles. The van der Waals surface area contributed by atoms with Crippen molar-refractivity contribution in [1.82, 2.24) is 0 Å².